The summed E-state index contributed by atoms with van der Waals surface area (Å²) in [4.78, 5) is 25.1. The summed E-state index contributed by atoms with van der Waals surface area (Å²) in [7, 11) is 1.82. The fourth-order valence-corrected chi connectivity index (χ4v) is 3.68. The van der Waals surface area contributed by atoms with Crippen LogP contribution in [0.15, 0.2) is 40.3 Å². The minimum Gasteiger partial charge on any atom is -0.355 e. The summed E-state index contributed by atoms with van der Waals surface area (Å²) >= 11 is 1.21. The summed E-state index contributed by atoms with van der Waals surface area (Å²) < 4.78 is 4.75. The van der Waals surface area contributed by atoms with Crippen molar-refractivity contribution in [2.75, 3.05) is 12.3 Å². The van der Waals surface area contributed by atoms with E-state index in [2.05, 4.69) is 20.8 Å². The number of para-hydroxylation sites is 1. The normalized spacial score (nSPS) is 13.6. The molecule has 9 nitrogen and oxygen atoms in total. The first-order valence-corrected chi connectivity index (χ1v) is 10.1. The molecule has 10 heteroatoms. The van der Waals surface area contributed by atoms with Crippen molar-refractivity contribution in [2.24, 2.45) is 13.0 Å². The number of benzene rings is 1. The van der Waals surface area contributed by atoms with E-state index in [9.17, 15) is 9.59 Å². The predicted molar refractivity (Wildman–Crippen MR) is 105 cm³/mol. The largest absolute Gasteiger partial charge is 0.355 e. The quantitative estimate of drug-likeness (QED) is 0.597. The van der Waals surface area contributed by atoms with Gasteiger partial charge in [-0.1, -0.05) is 30.0 Å². The molecule has 0 atom stereocenters. The van der Waals surface area contributed by atoms with Crippen LogP contribution in [-0.4, -0.2) is 47.8 Å². The van der Waals surface area contributed by atoms with E-state index < -0.39 is 0 Å². The summed E-state index contributed by atoms with van der Waals surface area (Å²) in [6.07, 6.45) is 2.37. The molecule has 1 amide bonds. The zero-order valence-electron chi connectivity index (χ0n) is 15.7. The van der Waals surface area contributed by atoms with Gasteiger partial charge < -0.3 is 5.32 Å². The summed E-state index contributed by atoms with van der Waals surface area (Å²) in [6.45, 7) is 2.57. The zero-order chi connectivity index (χ0) is 19.7. The molecule has 0 spiro atoms. The maximum atomic E-state index is 13.1. The first-order valence-electron chi connectivity index (χ1n) is 9.08. The zero-order valence-corrected chi connectivity index (χ0v) is 16.5. The molecule has 2 heterocycles. The third kappa shape index (κ3) is 3.59. The lowest BCUT2D eigenvalue weighted by Crippen LogP contribution is -2.27. The highest BCUT2D eigenvalue weighted by Crippen LogP contribution is 2.27. The number of carbonyl (C=O) groups is 1. The topological polar surface area (TPSA) is 99.6 Å². The molecular weight excluding hydrogens is 378 g/mol. The van der Waals surface area contributed by atoms with Gasteiger partial charge in [-0.25, -0.2) is 4.68 Å². The van der Waals surface area contributed by atoms with Crippen molar-refractivity contribution in [1.29, 1.82) is 0 Å². The SMILES string of the molecule is Cc1c(-n2nnnc2SCC(=O)NCC2CC2)c(=O)n(-c2ccccc2)n1C. The number of nitrogens with one attached hydrogen (secondary N) is 1. The second-order valence-electron chi connectivity index (χ2n) is 6.82. The van der Waals surface area contributed by atoms with Crippen LogP contribution >= 0.6 is 11.8 Å². The molecule has 28 heavy (non-hydrogen) atoms. The van der Waals surface area contributed by atoms with Crippen molar-refractivity contribution in [3.05, 3.63) is 46.4 Å². The maximum Gasteiger partial charge on any atom is 0.297 e. The van der Waals surface area contributed by atoms with E-state index in [-0.39, 0.29) is 17.2 Å². The predicted octanol–water partition coefficient (Wildman–Crippen LogP) is 1.08. The van der Waals surface area contributed by atoms with Gasteiger partial charge in [0.2, 0.25) is 11.1 Å². The molecule has 0 bridgehead atoms. The second kappa shape index (κ2) is 7.63. The Kier molecular flexibility index (Phi) is 5.03. The van der Waals surface area contributed by atoms with Gasteiger partial charge >= 0.3 is 0 Å². The van der Waals surface area contributed by atoms with Crippen LogP contribution in [0.4, 0.5) is 0 Å². The fraction of sp³-hybridized carbons (Fsp3) is 0.389. The Balaban J connectivity index is 1.59. The third-order valence-electron chi connectivity index (χ3n) is 4.79. The minimum absolute atomic E-state index is 0.0575. The van der Waals surface area contributed by atoms with Crippen molar-refractivity contribution in [3.8, 4) is 11.4 Å². The van der Waals surface area contributed by atoms with E-state index in [1.807, 2.05) is 44.3 Å². The molecule has 1 aliphatic rings. The molecule has 1 saturated carbocycles. The van der Waals surface area contributed by atoms with Gasteiger partial charge in [-0.15, -0.1) is 5.10 Å². The van der Waals surface area contributed by atoms with Crippen LogP contribution < -0.4 is 10.9 Å². The van der Waals surface area contributed by atoms with Gasteiger partial charge in [0.1, 0.15) is 0 Å². The minimum atomic E-state index is -0.224. The summed E-state index contributed by atoms with van der Waals surface area (Å²) in [6, 6.07) is 9.38. The van der Waals surface area contributed by atoms with Crippen molar-refractivity contribution in [3.63, 3.8) is 0 Å². The molecule has 0 saturated heterocycles. The third-order valence-corrected chi connectivity index (χ3v) is 5.71. The Morgan fingerprint density at radius 1 is 1.29 bits per heavy atom. The molecule has 3 aromatic rings. The van der Waals surface area contributed by atoms with E-state index in [0.29, 0.717) is 16.8 Å². The molecule has 1 fully saturated rings. The summed E-state index contributed by atoms with van der Waals surface area (Å²) in [5.41, 5.74) is 1.63. The lowest BCUT2D eigenvalue weighted by Gasteiger charge is -2.07. The van der Waals surface area contributed by atoms with Gasteiger partial charge in [0.05, 0.1) is 17.1 Å². The van der Waals surface area contributed by atoms with Crippen LogP contribution in [0.2, 0.25) is 0 Å². The number of amides is 1. The lowest BCUT2D eigenvalue weighted by molar-refractivity contribution is -0.118. The Hall–Kier alpha value is -2.88. The highest BCUT2D eigenvalue weighted by Gasteiger charge is 2.23. The number of thioether (sulfide) groups is 1. The summed E-state index contributed by atoms with van der Waals surface area (Å²) in [5, 5.41) is 15.0. The van der Waals surface area contributed by atoms with Crippen molar-refractivity contribution in [1.82, 2.24) is 34.9 Å². The van der Waals surface area contributed by atoms with Crippen LogP contribution in [0.1, 0.15) is 18.5 Å². The number of hydrogen-bond acceptors (Lipinski definition) is 6. The number of nitrogens with zero attached hydrogens (tertiary/aromatic N) is 6. The van der Waals surface area contributed by atoms with Crippen LogP contribution in [0, 0.1) is 12.8 Å². The van der Waals surface area contributed by atoms with Gasteiger partial charge in [-0.05, 0) is 48.2 Å². The highest BCUT2D eigenvalue weighted by molar-refractivity contribution is 7.99. The first-order chi connectivity index (χ1) is 13.6. The first kappa shape index (κ1) is 18.5. The number of aromatic nitrogens is 6. The number of rotatable bonds is 7. The van der Waals surface area contributed by atoms with Gasteiger partial charge in [-0.3, -0.25) is 14.3 Å². The average Bonchev–Trinajstić information content (AvgIpc) is 3.38. The van der Waals surface area contributed by atoms with E-state index in [1.54, 1.807) is 9.36 Å². The number of carbonyl (C=O) groups excluding carboxylic acids is 1. The number of tetrazole rings is 1. The highest BCUT2D eigenvalue weighted by atomic mass is 32.2. The van der Waals surface area contributed by atoms with Crippen LogP contribution in [-0.2, 0) is 11.8 Å². The maximum absolute atomic E-state index is 13.1. The van der Waals surface area contributed by atoms with E-state index in [0.717, 1.165) is 17.9 Å². The Morgan fingerprint density at radius 3 is 2.75 bits per heavy atom. The van der Waals surface area contributed by atoms with Crippen LogP contribution in [0.25, 0.3) is 11.4 Å². The summed E-state index contributed by atoms with van der Waals surface area (Å²) in [5.74, 6) is 0.770. The van der Waals surface area contributed by atoms with Gasteiger partial charge in [0.15, 0.2) is 5.69 Å². The number of hydrogen-bond donors (Lipinski definition) is 1. The molecule has 2 aromatic heterocycles. The van der Waals surface area contributed by atoms with E-state index >= 15 is 0 Å². The molecule has 146 valence electrons. The van der Waals surface area contributed by atoms with Crippen molar-refractivity contribution < 1.29 is 4.79 Å². The Bertz CT molecular complexity index is 1050. The van der Waals surface area contributed by atoms with Crippen molar-refractivity contribution >= 4 is 17.7 Å². The van der Waals surface area contributed by atoms with Crippen LogP contribution in [0.3, 0.4) is 0 Å². The molecule has 1 aromatic carbocycles. The molecular formula is C18H21N7O2S. The second-order valence-corrected chi connectivity index (χ2v) is 7.76. The molecule has 4 rings (SSSR count). The average molecular weight is 399 g/mol. The van der Waals surface area contributed by atoms with Crippen molar-refractivity contribution in [2.45, 2.75) is 24.9 Å². The van der Waals surface area contributed by atoms with Crippen LogP contribution in [0.5, 0.6) is 0 Å². The lowest BCUT2D eigenvalue weighted by atomic mass is 10.3. The van der Waals surface area contributed by atoms with Gasteiger partial charge in [-0.2, -0.15) is 4.68 Å². The molecule has 0 radical (unpaired) electrons. The fourth-order valence-electron chi connectivity index (χ4n) is 2.97. The van der Waals surface area contributed by atoms with Gasteiger partial charge in [0.25, 0.3) is 5.56 Å². The Morgan fingerprint density at radius 2 is 2.04 bits per heavy atom. The smallest absolute Gasteiger partial charge is 0.297 e. The molecule has 1 aliphatic carbocycles. The van der Waals surface area contributed by atoms with Gasteiger partial charge in [0, 0.05) is 13.6 Å². The monoisotopic (exact) mass is 399 g/mol. The van der Waals surface area contributed by atoms with E-state index in [4.69, 9.17) is 0 Å². The Labute approximate surface area is 165 Å². The molecule has 1 N–H and O–H groups in total. The molecule has 0 aliphatic heterocycles. The standard InChI is InChI=1S/C18H21N7O2S/c1-12-16(17(27)25(23(12)2)14-6-4-3-5-7-14)24-18(20-21-22-24)28-11-15(26)19-10-13-8-9-13/h3-7,13H,8-11H2,1-2H3,(H,19,26). The van der Waals surface area contributed by atoms with E-state index in [1.165, 1.54) is 29.3 Å². The molecule has 0 unspecified atom stereocenters.